The fraction of sp³-hybridized carbons (Fsp3) is 0.837. The molecule has 1 aliphatic carbocycles. The van der Waals surface area contributed by atoms with Crippen molar-refractivity contribution in [3.63, 3.8) is 0 Å². The largest absolute Gasteiger partial charge is 0.481 e. The summed E-state index contributed by atoms with van der Waals surface area (Å²) in [7, 11) is 0. The van der Waals surface area contributed by atoms with Gasteiger partial charge in [0.05, 0.1) is 5.57 Å². The third kappa shape index (κ3) is 16.6. The maximum absolute atomic E-state index is 13.4. The third-order valence-electron chi connectivity index (χ3n) is 11.1. The summed E-state index contributed by atoms with van der Waals surface area (Å²) in [4.78, 5) is 39.4. The average Bonchev–Trinajstić information content (AvgIpc) is 3.07. The molecule has 0 amide bonds. The number of hydrogen-bond donors (Lipinski definition) is 3. The van der Waals surface area contributed by atoms with Crippen molar-refractivity contribution >= 4 is 17.9 Å². The lowest BCUT2D eigenvalue weighted by Crippen LogP contribution is -2.52. The molecule has 6 nitrogen and oxygen atoms in total. The summed E-state index contributed by atoms with van der Waals surface area (Å²) in [5, 5.41) is 32.1. The van der Waals surface area contributed by atoms with Crippen molar-refractivity contribution < 1.29 is 29.7 Å². The molecule has 0 fully saturated rings. The fourth-order valence-corrected chi connectivity index (χ4v) is 7.92. The van der Waals surface area contributed by atoms with Gasteiger partial charge in [0.25, 0.3) is 0 Å². The molecule has 0 aromatic heterocycles. The van der Waals surface area contributed by atoms with Crippen LogP contribution < -0.4 is 0 Å². The van der Waals surface area contributed by atoms with Crippen LogP contribution in [0.25, 0.3) is 0 Å². The summed E-state index contributed by atoms with van der Waals surface area (Å²) in [6.07, 6.45) is 34.6. The first-order valence-electron chi connectivity index (χ1n) is 20.9. The van der Waals surface area contributed by atoms with Crippen molar-refractivity contribution in [3.8, 4) is 0 Å². The zero-order valence-electron chi connectivity index (χ0n) is 32.1. The van der Waals surface area contributed by atoms with Crippen LogP contribution in [-0.2, 0) is 14.4 Å². The van der Waals surface area contributed by atoms with Crippen LogP contribution in [0.1, 0.15) is 220 Å². The average molecular weight is 689 g/mol. The lowest BCUT2D eigenvalue weighted by atomic mass is 9.54. The van der Waals surface area contributed by atoms with Gasteiger partial charge in [-0.2, -0.15) is 0 Å². The Balaban J connectivity index is 3.10. The number of carboxylic acid groups (broad SMARTS) is 3. The highest BCUT2D eigenvalue weighted by molar-refractivity contribution is 5.98. The van der Waals surface area contributed by atoms with Crippen LogP contribution >= 0.6 is 0 Å². The SMILES string of the molecule is CCCCCCCCCCCCC1=CC(CCCCCCCCCCC)(C(=O)O)C(CCCCCCCCCCC)(C(=O)O)C=C1C(=O)O. The van der Waals surface area contributed by atoms with Gasteiger partial charge in [0.1, 0.15) is 10.8 Å². The predicted octanol–water partition coefficient (Wildman–Crippen LogP) is 13.2. The zero-order chi connectivity index (χ0) is 36.2. The Morgan fingerprint density at radius 2 is 0.714 bits per heavy atom. The molecule has 0 radical (unpaired) electrons. The molecule has 0 aromatic rings. The molecule has 6 heteroatoms. The first-order valence-corrected chi connectivity index (χ1v) is 20.9. The van der Waals surface area contributed by atoms with Gasteiger partial charge in [0.15, 0.2) is 0 Å². The second kappa shape index (κ2) is 27.6. The van der Waals surface area contributed by atoms with Crippen LogP contribution in [0.4, 0.5) is 0 Å². The quantitative estimate of drug-likeness (QED) is 0.0580. The normalized spacial score (nSPS) is 19.1. The number of carboxylic acids is 3. The van der Waals surface area contributed by atoms with E-state index in [4.69, 9.17) is 0 Å². The highest BCUT2D eigenvalue weighted by atomic mass is 16.4. The lowest BCUT2D eigenvalue weighted by molar-refractivity contribution is -0.167. The van der Waals surface area contributed by atoms with Gasteiger partial charge in [0.2, 0.25) is 0 Å². The molecule has 0 saturated heterocycles. The first-order chi connectivity index (χ1) is 23.7. The van der Waals surface area contributed by atoms with Crippen LogP contribution in [0, 0.1) is 10.8 Å². The molecule has 1 aliphatic rings. The number of unbranched alkanes of at least 4 members (excludes halogenated alkanes) is 25. The Morgan fingerprint density at radius 1 is 0.429 bits per heavy atom. The van der Waals surface area contributed by atoms with Crippen LogP contribution in [0.3, 0.4) is 0 Å². The summed E-state index contributed by atoms with van der Waals surface area (Å²) in [5.74, 6) is -3.50. The fourth-order valence-electron chi connectivity index (χ4n) is 7.92. The summed E-state index contributed by atoms with van der Waals surface area (Å²) in [5.41, 5.74) is -2.94. The predicted molar refractivity (Wildman–Crippen MR) is 204 cm³/mol. The zero-order valence-corrected chi connectivity index (χ0v) is 32.1. The Morgan fingerprint density at radius 3 is 1.02 bits per heavy atom. The maximum atomic E-state index is 13.4. The van der Waals surface area contributed by atoms with E-state index in [0.717, 1.165) is 70.6 Å². The van der Waals surface area contributed by atoms with Gasteiger partial charge in [-0.05, 0) is 31.3 Å². The highest BCUT2D eigenvalue weighted by Crippen LogP contribution is 2.55. The number of aliphatic carboxylic acids is 3. The van der Waals surface area contributed by atoms with Gasteiger partial charge in [-0.1, -0.05) is 206 Å². The van der Waals surface area contributed by atoms with Crippen molar-refractivity contribution in [1.82, 2.24) is 0 Å². The van der Waals surface area contributed by atoms with Gasteiger partial charge in [-0.25, -0.2) is 4.79 Å². The van der Waals surface area contributed by atoms with Crippen molar-refractivity contribution in [2.75, 3.05) is 0 Å². The molecular formula is C43H76O6. The second-order valence-electron chi connectivity index (χ2n) is 15.2. The van der Waals surface area contributed by atoms with E-state index in [1.165, 1.54) is 102 Å². The van der Waals surface area contributed by atoms with E-state index < -0.39 is 28.7 Å². The molecule has 2 unspecified atom stereocenters. The molecule has 0 saturated carbocycles. The molecule has 1 rings (SSSR count). The first kappa shape index (κ1) is 44.9. The molecule has 284 valence electrons. The van der Waals surface area contributed by atoms with Crippen LogP contribution in [-0.4, -0.2) is 33.2 Å². The molecule has 0 aliphatic heterocycles. The van der Waals surface area contributed by atoms with Crippen molar-refractivity contribution in [3.05, 3.63) is 23.3 Å². The highest BCUT2D eigenvalue weighted by Gasteiger charge is 2.60. The Hall–Kier alpha value is -2.11. The molecule has 0 heterocycles. The molecule has 3 N–H and O–H groups in total. The van der Waals surface area contributed by atoms with E-state index in [-0.39, 0.29) is 18.4 Å². The van der Waals surface area contributed by atoms with Crippen LogP contribution in [0.2, 0.25) is 0 Å². The maximum Gasteiger partial charge on any atom is 0.335 e. The lowest BCUT2D eigenvalue weighted by Gasteiger charge is -2.45. The minimum atomic E-state index is -1.78. The summed E-state index contributed by atoms with van der Waals surface area (Å²) >= 11 is 0. The molecule has 49 heavy (non-hydrogen) atoms. The Labute approximate surface area is 301 Å². The van der Waals surface area contributed by atoms with Gasteiger partial charge >= 0.3 is 17.9 Å². The summed E-state index contributed by atoms with van der Waals surface area (Å²) in [6.45, 7) is 6.64. The number of hydrogen-bond acceptors (Lipinski definition) is 3. The topological polar surface area (TPSA) is 112 Å². The molecule has 0 bridgehead atoms. The van der Waals surface area contributed by atoms with Gasteiger partial charge < -0.3 is 15.3 Å². The Bertz CT molecular complexity index is 967. The van der Waals surface area contributed by atoms with Gasteiger partial charge in [-0.3, -0.25) is 9.59 Å². The molecular weight excluding hydrogens is 612 g/mol. The Kier molecular flexibility index (Phi) is 25.3. The number of rotatable bonds is 34. The smallest absolute Gasteiger partial charge is 0.335 e. The monoisotopic (exact) mass is 689 g/mol. The van der Waals surface area contributed by atoms with E-state index in [2.05, 4.69) is 20.8 Å². The second-order valence-corrected chi connectivity index (χ2v) is 15.2. The van der Waals surface area contributed by atoms with E-state index >= 15 is 0 Å². The van der Waals surface area contributed by atoms with E-state index in [1.54, 1.807) is 6.08 Å². The van der Waals surface area contributed by atoms with Gasteiger partial charge in [0, 0.05) is 0 Å². The van der Waals surface area contributed by atoms with Crippen molar-refractivity contribution in [1.29, 1.82) is 0 Å². The van der Waals surface area contributed by atoms with E-state index in [9.17, 15) is 29.7 Å². The van der Waals surface area contributed by atoms with Crippen LogP contribution in [0.5, 0.6) is 0 Å². The van der Waals surface area contributed by atoms with E-state index in [0.29, 0.717) is 24.8 Å². The molecule has 0 aromatic carbocycles. The number of carbonyl (C=O) groups is 3. The van der Waals surface area contributed by atoms with Crippen LogP contribution in [0.15, 0.2) is 23.3 Å². The minimum Gasteiger partial charge on any atom is -0.481 e. The standard InChI is InChI=1S/C43H76O6/c1-4-7-10-13-16-19-20-23-26-29-32-37-35-42(40(46)47,33-30-27-24-21-17-14-11-8-5-2)43(41(48)49,36-38(37)39(44)45)34-31-28-25-22-18-15-12-9-6-3/h35-36H,4-34H2,1-3H3,(H,44,45)(H,46,47)(H,48,49). The minimum absolute atomic E-state index is 0.00166. The third-order valence-corrected chi connectivity index (χ3v) is 11.1. The van der Waals surface area contributed by atoms with E-state index in [1.807, 2.05) is 0 Å². The van der Waals surface area contributed by atoms with Crippen molar-refractivity contribution in [2.24, 2.45) is 10.8 Å². The molecule has 2 atom stereocenters. The summed E-state index contributed by atoms with van der Waals surface area (Å²) < 4.78 is 0. The van der Waals surface area contributed by atoms with Crippen molar-refractivity contribution in [2.45, 2.75) is 220 Å². The van der Waals surface area contributed by atoms with Gasteiger partial charge in [-0.15, -0.1) is 0 Å². The summed E-state index contributed by atoms with van der Waals surface area (Å²) in [6, 6.07) is 0. The molecule has 0 spiro atoms.